The van der Waals surface area contributed by atoms with Crippen molar-refractivity contribution in [3.05, 3.63) is 62.6 Å². The number of hydrogen-bond acceptors (Lipinski definition) is 7. The van der Waals surface area contributed by atoms with Crippen LogP contribution in [0, 0.1) is 4.77 Å². The maximum absolute atomic E-state index is 12.4. The fourth-order valence-electron chi connectivity index (χ4n) is 2.82. The Bertz CT molecular complexity index is 1190. The third-order valence-corrected chi connectivity index (χ3v) is 5.65. The van der Waals surface area contributed by atoms with Gasteiger partial charge in [-0.25, -0.2) is 9.79 Å². The van der Waals surface area contributed by atoms with E-state index in [9.17, 15) is 14.7 Å². The second kappa shape index (κ2) is 9.64. The highest BCUT2D eigenvalue weighted by molar-refractivity contribution is 7.71. The molecule has 0 aliphatic rings. The molecule has 1 aromatic carbocycles. The number of aromatic amines is 1. The molecule has 156 valence electrons. The molecule has 0 aliphatic carbocycles. The number of aromatic hydroxyl groups is 1. The SMILES string of the molecule is CCCn1c(O)c(/C=N/c2sc(-c3ccccc3)cc2C(=O)OCC)c(=O)[nH]c1=S. The maximum Gasteiger partial charge on any atom is 0.341 e. The van der Waals surface area contributed by atoms with E-state index in [0.717, 1.165) is 16.9 Å². The second-order valence-electron chi connectivity index (χ2n) is 6.32. The van der Waals surface area contributed by atoms with Gasteiger partial charge in [-0.3, -0.25) is 14.3 Å². The summed E-state index contributed by atoms with van der Waals surface area (Å²) in [6.45, 7) is 4.35. The number of nitrogens with zero attached hydrogens (tertiary/aromatic N) is 2. The summed E-state index contributed by atoms with van der Waals surface area (Å²) in [5.74, 6) is -0.755. The first-order chi connectivity index (χ1) is 14.5. The number of carbonyl (C=O) groups excluding carboxylic acids is 1. The van der Waals surface area contributed by atoms with Crippen molar-refractivity contribution in [3.63, 3.8) is 0 Å². The van der Waals surface area contributed by atoms with Crippen molar-refractivity contribution >= 4 is 40.7 Å². The van der Waals surface area contributed by atoms with Crippen LogP contribution in [0.3, 0.4) is 0 Å². The van der Waals surface area contributed by atoms with Gasteiger partial charge < -0.3 is 9.84 Å². The Morgan fingerprint density at radius 3 is 2.73 bits per heavy atom. The third-order valence-electron chi connectivity index (χ3n) is 4.23. The van der Waals surface area contributed by atoms with Crippen molar-refractivity contribution in [2.75, 3.05) is 6.61 Å². The number of aromatic nitrogens is 2. The molecular formula is C21H21N3O4S2. The average Bonchev–Trinajstić information content (AvgIpc) is 3.16. The summed E-state index contributed by atoms with van der Waals surface area (Å²) in [5.41, 5.74) is 0.660. The molecule has 7 nitrogen and oxygen atoms in total. The molecule has 9 heteroatoms. The molecule has 0 spiro atoms. The lowest BCUT2D eigenvalue weighted by Crippen LogP contribution is -2.18. The molecule has 0 bridgehead atoms. The van der Waals surface area contributed by atoms with Gasteiger partial charge >= 0.3 is 5.97 Å². The molecule has 0 saturated heterocycles. The molecule has 0 radical (unpaired) electrons. The number of rotatable bonds is 7. The van der Waals surface area contributed by atoms with Crippen molar-refractivity contribution in [1.82, 2.24) is 9.55 Å². The molecule has 2 aromatic heterocycles. The number of ether oxygens (including phenoxy) is 1. The van der Waals surface area contributed by atoms with Crippen molar-refractivity contribution in [1.29, 1.82) is 0 Å². The number of benzene rings is 1. The summed E-state index contributed by atoms with van der Waals surface area (Å²) in [5, 5.41) is 10.9. The van der Waals surface area contributed by atoms with Gasteiger partial charge in [0.15, 0.2) is 4.77 Å². The molecule has 0 saturated carbocycles. The zero-order valence-electron chi connectivity index (χ0n) is 16.5. The highest BCUT2D eigenvalue weighted by Crippen LogP contribution is 2.37. The van der Waals surface area contributed by atoms with Crippen LogP contribution in [0.15, 0.2) is 46.2 Å². The van der Waals surface area contributed by atoms with E-state index in [2.05, 4.69) is 9.98 Å². The van der Waals surface area contributed by atoms with Crippen LogP contribution >= 0.6 is 23.6 Å². The van der Waals surface area contributed by atoms with Crippen LogP contribution in [0.1, 0.15) is 36.2 Å². The minimum Gasteiger partial charge on any atom is -0.494 e. The first-order valence-corrected chi connectivity index (χ1v) is 10.6. The minimum absolute atomic E-state index is 0.0264. The highest BCUT2D eigenvalue weighted by Gasteiger charge is 2.18. The lowest BCUT2D eigenvalue weighted by molar-refractivity contribution is 0.0528. The number of thiophene rings is 1. The zero-order valence-corrected chi connectivity index (χ0v) is 18.2. The first-order valence-electron chi connectivity index (χ1n) is 9.42. The summed E-state index contributed by atoms with van der Waals surface area (Å²) in [4.78, 5) is 32.4. The summed E-state index contributed by atoms with van der Waals surface area (Å²) in [6.07, 6.45) is 1.97. The fourth-order valence-corrected chi connectivity index (χ4v) is 4.09. The van der Waals surface area contributed by atoms with Crippen molar-refractivity contribution in [3.8, 4) is 16.3 Å². The lowest BCUT2D eigenvalue weighted by atomic mass is 10.1. The molecule has 0 amide bonds. The molecule has 2 N–H and O–H groups in total. The molecule has 0 fully saturated rings. The molecule has 0 unspecified atom stereocenters. The van der Waals surface area contributed by atoms with E-state index in [1.807, 2.05) is 37.3 Å². The van der Waals surface area contributed by atoms with Gasteiger partial charge in [-0.2, -0.15) is 0 Å². The Labute approximate surface area is 182 Å². The van der Waals surface area contributed by atoms with Crippen molar-refractivity contribution < 1.29 is 14.6 Å². The van der Waals surface area contributed by atoms with E-state index in [0.29, 0.717) is 17.1 Å². The van der Waals surface area contributed by atoms with Gasteiger partial charge in [0.05, 0.1) is 12.2 Å². The molecule has 0 aliphatic heterocycles. The van der Waals surface area contributed by atoms with Crippen LogP contribution in [-0.2, 0) is 11.3 Å². The molecule has 3 aromatic rings. The quantitative estimate of drug-likeness (QED) is 0.314. The second-order valence-corrected chi connectivity index (χ2v) is 7.74. The van der Waals surface area contributed by atoms with E-state index in [-0.39, 0.29) is 22.8 Å². The number of carbonyl (C=O) groups is 1. The van der Waals surface area contributed by atoms with Crippen LogP contribution in [-0.4, -0.2) is 33.4 Å². The molecule has 3 rings (SSSR count). The van der Waals surface area contributed by atoms with Crippen LogP contribution in [0.4, 0.5) is 5.00 Å². The Morgan fingerprint density at radius 1 is 1.33 bits per heavy atom. The largest absolute Gasteiger partial charge is 0.494 e. The molecule has 2 heterocycles. The fraction of sp³-hybridized carbons (Fsp3) is 0.238. The lowest BCUT2D eigenvalue weighted by Gasteiger charge is -2.09. The highest BCUT2D eigenvalue weighted by atomic mass is 32.1. The smallest absolute Gasteiger partial charge is 0.341 e. The topological polar surface area (TPSA) is 96.7 Å². The summed E-state index contributed by atoms with van der Waals surface area (Å²) in [7, 11) is 0. The van der Waals surface area contributed by atoms with Crippen LogP contribution in [0.2, 0.25) is 0 Å². The predicted molar refractivity (Wildman–Crippen MR) is 121 cm³/mol. The summed E-state index contributed by atoms with van der Waals surface area (Å²) in [6, 6.07) is 11.3. The average molecular weight is 444 g/mol. The predicted octanol–water partition coefficient (Wildman–Crippen LogP) is 4.68. The van der Waals surface area contributed by atoms with Gasteiger partial charge in [-0.05, 0) is 37.2 Å². The van der Waals surface area contributed by atoms with Crippen molar-refractivity contribution in [2.24, 2.45) is 4.99 Å². The monoisotopic (exact) mass is 443 g/mol. The van der Waals surface area contributed by atoms with Gasteiger partial charge in [0.25, 0.3) is 5.56 Å². The van der Waals surface area contributed by atoms with E-state index in [1.54, 1.807) is 13.0 Å². The first kappa shape index (κ1) is 21.7. The normalized spacial score (nSPS) is 11.1. The van der Waals surface area contributed by atoms with E-state index in [4.69, 9.17) is 17.0 Å². The standard InChI is InChI=1S/C21H21N3O4S2/c1-3-10-24-19(26)15(17(25)23-21(24)29)12-22-18-14(20(27)28-4-2)11-16(30-18)13-8-6-5-7-9-13/h5-9,11-12,26H,3-4,10H2,1-2H3,(H,23,25,29)/b22-12+. The Balaban J connectivity index is 2.08. The van der Waals surface area contributed by atoms with Crippen LogP contribution in [0.25, 0.3) is 10.4 Å². The van der Waals surface area contributed by atoms with Gasteiger partial charge in [0.1, 0.15) is 10.6 Å². The minimum atomic E-state index is -0.550. The van der Waals surface area contributed by atoms with E-state index in [1.165, 1.54) is 22.1 Å². The molecule has 30 heavy (non-hydrogen) atoms. The number of H-pyrrole nitrogens is 1. The third kappa shape index (κ3) is 4.58. The zero-order chi connectivity index (χ0) is 21.7. The Kier molecular flexibility index (Phi) is 6.96. The van der Waals surface area contributed by atoms with Gasteiger partial charge in [-0.15, -0.1) is 11.3 Å². The van der Waals surface area contributed by atoms with Crippen LogP contribution in [0.5, 0.6) is 5.88 Å². The van der Waals surface area contributed by atoms with Crippen molar-refractivity contribution in [2.45, 2.75) is 26.8 Å². The van der Waals surface area contributed by atoms with Gasteiger partial charge in [-0.1, -0.05) is 37.3 Å². The molecular weight excluding hydrogens is 422 g/mol. The number of esters is 1. The van der Waals surface area contributed by atoms with E-state index >= 15 is 0 Å². The number of aliphatic imine (C=N–C) groups is 1. The number of hydrogen-bond donors (Lipinski definition) is 2. The Morgan fingerprint density at radius 2 is 2.07 bits per heavy atom. The van der Waals surface area contributed by atoms with E-state index < -0.39 is 11.5 Å². The Hall–Kier alpha value is -3.04. The molecule has 0 atom stereocenters. The van der Waals surface area contributed by atoms with Gasteiger partial charge in [0.2, 0.25) is 5.88 Å². The summed E-state index contributed by atoms with van der Waals surface area (Å²) < 4.78 is 6.73. The summed E-state index contributed by atoms with van der Waals surface area (Å²) >= 11 is 6.41. The van der Waals surface area contributed by atoms with Crippen LogP contribution < -0.4 is 5.56 Å². The number of nitrogens with one attached hydrogen (secondary N) is 1. The maximum atomic E-state index is 12.4. The van der Waals surface area contributed by atoms with Gasteiger partial charge in [0, 0.05) is 17.6 Å².